The summed E-state index contributed by atoms with van der Waals surface area (Å²) < 4.78 is 29.5. The third kappa shape index (κ3) is 3.58. The zero-order valence-electron chi connectivity index (χ0n) is 14.8. The molecular weight excluding hydrogens is 418 g/mol. The van der Waals surface area contributed by atoms with E-state index in [1.165, 1.54) is 19.2 Å². The summed E-state index contributed by atoms with van der Waals surface area (Å²) in [6, 6.07) is 10.4. The summed E-state index contributed by atoms with van der Waals surface area (Å²) in [7, 11) is -2.26. The second kappa shape index (κ2) is 7.54. The maximum Gasteiger partial charge on any atom is 0.243 e. The minimum absolute atomic E-state index is 0.0185. The Labute approximate surface area is 162 Å². The highest BCUT2D eigenvalue weighted by Crippen LogP contribution is 2.29. The molecule has 1 aromatic heterocycles. The Morgan fingerprint density at radius 2 is 1.92 bits per heavy atom. The molecule has 2 heterocycles. The van der Waals surface area contributed by atoms with Gasteiger partial charge in [-0.15, -0.1) is 0 Å². The lowest BCUT2D eigenvalue weighted by atomic mass is 10.1. The smallest absolute Gasteiger partial charge is 0.243 e. The van der Waals surface area contributed by atoms with E-state index >= 15 is 0 Å². The van der Waals surface area contributed by atoms with E-state index in [2.05, 4.69) is 20.5 Å². The molecule has 0 saturated carbocycles. The molecule has 0 radical (unpaired) electrons. The Kier molecular flexibility index (Phi) is 5.55. The Hall–Kier alpha value is -1.64. The number of nitrogens with zero attached hydrogens (tertiary/aromatic N) is 3. The summed E-state index contributed by atoms with van der Waals surface area (Å²) in [6.45, 7) is 3.18. The van der Waals surface area contributed by atoms with Crippen molar-refractivity contribution < 1.29 is 13.2 Å². The average Bonchev–Trinajstić information content (AvgIpc) is 3.09. The van der Waals surface area contributed by atoms with Gasteiger partial charge in [-0.05, 0) is 42.8 Å². The van der Waals surface area contributed by atoms with Gasteiger partial charge in [0.1, 0.15) is 0 Å². The predicted molar refractivity (Wildman–Crippen MR) is 103 cm³/mol. The summed E-state index contributed by atoms with van der Waals surface area (Å²) >= 11 is 3.29. The number of halogens is 1. The second-order valence-corrected chi connectivity index (χ2v) is 9.31. The van der Waals surface area contributed by atoms with Crippen LogP contribution in [0.1, 0.15) is 25.1 Å². The van der Waals surface area contributed by atoms with Crippen LogP contribution in [0.5, 0.6) is 0 Å². The molecule has 0 bridgehead atoms. The topological polar surface area (TPSA) is 62.6 Å². The number of carbonyl (C=O) groups is 1. The summed E-state index contributed by atoms with van der Waals surface area (Å²) in [5, 5.41) is 0. The van der Waals surface area contributed by atoms with Gasteiger partial charge in [0.15, 0.2) is 0 Å². The molecule has 0 N–H and O–H groups in total. The summed E-state index contributed by atoms with van der Waals surface area (Å²) in [4.78, 5) is 14.8. The Morgan fingerprint density at radius 1 is 1.23 bits per heavy atom. The van der Waals surface area contributed by atoms with Crippen molar-refractivity contribution in [3.8, 4) is 0 Å². The van der Waals surface area contributed by atoms with Crippen LogP contribution in [0.4, 0.5) is 0 Å². The molecule has 8 heteroatoms. The lowest BCUT2D eigenvalue weighted by Crippen LogP contribution is -2.46. The van der Waals surface area contributed by atoms with E-state index in [-0.39, 0.29) is 23.4 Å². The molecule has 6 nitrogen and oxygen atoms in total. The predicted octanol–water partition coefficient (Wildman–Crippen LogP) is 2.86. The van der Waals surface area contributed by atoms with Gasteiger partial charge in [-0.2, -0.15) is 4.31 Å². The lowest BCUT2D eigenvalue weighted by molar-refractivity contribution is -0.134. The number of benzene rings is 1. The minimum atomic E-state index is -3.70. The normalized spacial score (nSPS) is 17.4. The lowest BCUT2D eigenvalue weighted by Gasteiger charge is -2.37. The number of sulfonamides is 1. The highest BCUT2D eigenvalue weighted by Gasteiger charge is 2.32. The minimum Gasteiger partial charge on any atom is -0.348 e. The van der Waals surface area contributed by atoms with Crippen molar-refractivity contribution in [3.05, 3.63) is 52.8 Å². The third-order valence-corrected chi connectivity index (χ3v) is 7.10. The standard InChI is InChI=1S/C18H22BrN3O3S/c1-3-16-17-5-4-10-21(17)11-12-22(16)18(23)13-20(2)26(24,25)15-8-6-14(19)7-9-15/h4-10,16H,3,11-13H2,1-2H3. The van der Waals surface area contributed by atoms with Gasteiger partial charge in [-0.25, -0.2) is 8.42 Å². The van der Waals surface area contributed by atoms with Gasteiger partial charge in [-0.3, -0.25) is 4.79 Å². The highest BCUT2D eigenvalue weighted by atomic mass is 79.9. The van der Waals surface area contributed by atoms with E-state index < -0.39 is 10.0 Å². The van der Waals surface area contributed by atoms with Crippen molar-refractivity contribution in [2.75, 3.05) is 20.1 Å². The fraction of sp³-hybridized carbons (Fsp3) is 0.389. The van der Waals surface area contributed by atoms with Crippen LogP contribution in [0.25, 0.3) is 0 Å². The maximum absolute atomic E-state index is 12.8. The molecule has 1 amide bonds. The van der Waals surface area contributed by atoms with E-state index in [1.807, 2.05) is 25.3 Å². The molecule has 1 atom stereocenters. The Bertz CT molecular complexity index is 893. The molecule has 1 aliphatic heterocycles. The van der Waals surface area contributed by atoms with Crippen LogP contribution in [-0.4, -0.2) is 48.2 Å². The molecule has 1 unspecified atom stereocenters. The van der Waals surface area contributed by atoms with Crippen LogP contribution < -0.4 is 0 Å². The van der Waals surface area contributed by atoms with Crippen LogP contribution in [-0.2, 0) is 21.4 Å². The third-order valence-electron chi connectivity index (χ3n) is 4.75. The fourth-order valence-corrected chi connectivity index (χ4v) is 4.73. The maximum atomic E-state index is 12.8. The largest absolute Gasteiger partial charge is 0.348 e. The molecule has 0 fully saturated rings. The number of fused-ring (bicyclic) bond motifs is 1. The molecule has 1 aliphatic rings. The number of aromatic nitrogens is 1. The van der Waals surface area contributed by atoms with Gasteiger partial charge in [0.25, 0.3) is 0 Å². The molecule has 0 spiro atoms. The van der Waals surface area contributed by atoms with Gasteiger partial charge >= 0.3 is 0 Å². The van der Waals surface area contributed by atoms with Crippen molar-refractivity contribution in [1.82, 2.24) is 13.8 Å². The van der Waals surface area contributed by atoms with Gasteiger partial charge in [-0.1, -0.05) is 22.9 Å². The molecule has 1 aromatic carbocycles. The molecular formula is C18H22BrN3O3S. The number of hydrogen-bond acceptors (Lipinski definition) is 3. The number of carbonyl (C=O) groups excluding carboxylic acids is 1. The van der Waals surface area contributed by atoms with Crippen LogP contribution >= 0.6 is 15.9 Å². The summed E-state index contributed by atoms with van der Waals surface area (Å²) in [6.07, 6.45) is 2.81. The van der Waals surface area contributed by atoms with Crippen molar-refractivity contribution in [1.29, 1.82) is 0 Å². The highest BCUT2D eigenvalue weighted by molar-refractivity contribution is 9.10. The number of likely N-dealkylation sites (N-methyl/N-ethyl adjacent to an activating group) is 1. The summed E-state index contributed by atoms with van der Waals surface area (Å²) in [5.41, 5.74) is 1.10. The van der Waals surface area contributed by atoms with E-state index in [9.17, 15) is 13.2 Å². The molecule has 140 valence electrons. The van der Waals surface area contributed by atoms with Crippen LogP contribution in [0.15, 0.2) is 52.0 Å². The monoisotopic (exact) mass is 439 g/mol. The average molecular weight is 440 g/mol. The van der Waals surface area contributed by atoms with Crippen LogP contribution in [0.3, 0.4) is 0 Å². The van der Waals surface area contributed by atoms with E-state index in [0.717, 1.165) is 27.4 Å². The fourth-order valence-electron chi connectivity index (χ4n) is 3.35. The SMILES string of the molecule is CCC1c2cccn2CCN1C(=O)CN(C)S(=O)(=O)c1ccc(Br)cc1. The molecule has 26 heavy (non-hydrogen) atoms. The van der Waals surface area contributed by atoms with Gasteiger partial charge in [0, 0.05) is 36.5 Å². The number of hydrogen-bond donors (Lipinski definition) is 0. The second-order valence-electron chi connectivity index (χ2n) is 6.35. The van der Waals surface area contributed by atoms with Crippen LogP contribution in [0.2, 0.25) is 0 Å². The van der Waals surface area contributed by atoms with Crippen LogP contribution in [0, 0.1) is 0 Å². The Balaban J connectivity index is 1.76. The molecule has 2 aromatic rings. The van der Waals surface area contributed by atoms with E-state index in [1.54, 1.807) is 17.0 Å². The first-order valence-electron chi connectivity index (χ1n) is 8.51. The molecule has 3 rings (SSSR count). The first kappa shape index (κ1) is 19.1. The quantitative estimate of drug-likeness (QED) is 0.719. The first-order chi connectivity index (χ1) is 12.3. The molecule has 0 aliphatic carbocycles. The number of rotatable bonds is 5. The Morgan fingerprint density at radius 3 is 2.58 bits per heavy atom. The van der Waals surface area contributed by atoms with Crippen molar-refractivity contribution in [2.45, 2.75) is 30.8 Å². The van der Waals surface area contributed by atoms with Crippen molar-refractivity contribution in [2.24, 2.45) is 0 Å². The van der Waals surface area contributed by atoms with Crippen molar-refractivity contribution in [3.63, 3.8) is 0 Å². The van der Waals surface area contributed by atoms with Gasteiger partial charge < -0.3 is 9.47 Å². The first-order valence-corrected chi connectivity index (χ1v) is 10.7. The van der Waals surface area contributed by atoms with E-state index in [0.29, 0.717) is 6.54 Å². The van der Waals surface area contributed by atoms with E-state index in [4.69, 9.17) is 0 Å². The zero-order chi connectivity index (χ0) is 18.9. The molecule has 0 saturated heterocycles. The van der Waals surface area contributed by atoms with Gasteiger partial charge in [0.2, 0.25) is 15.9 Å². The van der Waals surface area contributed by atoms with Gasteiger partial charge in [0.05, 0.1) is 17.5 Å². The van der Waals surface area contributed by atoms with Crippen molar-refractivity contribution >= 4 is 31.9 Å². The summed E-state index contributed by atoms with van der Waals surface area (Å²) in [5.74, 6) is -0.174. The number of amides is 1. The zero-order valence-corrected chi connectivity index (χ0v) is 17.2.